The summed E-state index contributed by atoms with van der Waals surface area (Å²) in [7, 11) is 0. The van der Waals surface area contributed by atoms with Gasteiger partial charge in [-0.25, -0.2) is 0 Å². The molecule has 120 valence electrons. The van der Waals surface area contributed by atoms with Crippen molar-refractivity contribution in [3.05, 3.63) is 70.9 Å². The van der Waals surface area contributed by atoms with Crippen LogP contribution in [0.2, 0.25) is 0 Å². The second-order valence-corrected chi connectivity index (χ2v) is 5.70. The van der Waals surface area contributed by atoms with Crippen molar-refractivity contribution in [2.75, 3.05) is 0 Å². The van der Waals surface area contributed by atoms with Crippen LogP contribution in [0.4, 0.5) is 0 Å². The molecule has 0 spiro atoms. The van der Waals surface area contributed by atoms with E-state index >= 15 is 0 Å². The maximum atomic E-state index is 12.0. The van der Waals surface area contributed by atoms with E-state index in [1.54, 1.807) is 0 Å². The molecule has 1 nitrogen and oxygen atoms in total. The second kappa shape index (κ2) is 11.7. The van der Waals surface area contributed by atoms with Crippen LogP contribution in [0.25, 0.3) is 0 Å². The lowest BCUT2D eigenvalue weighted by molar-refractivity contribution is -0.117. The van der Waals surface area contributed by atoms with Crippen molar-refractivity contribution in [1.82, 2.24) is 0 Å². The van der Waals surface area contributed by atoms with Crippen LogP contribution in [-0.2, 0) is 4.79 Å². The highest BCUT2D eigenvalue weighted by molar-refractivity contribution is 5.83. The maximum Gasteiger partial charge on any atom is 0.140 e. The maximum absolute atomic E-state index is 12.0. The molecule has 0 unspecified atom stereocenters. The lowest BCUT2D eigenvalue weighted by Gasteiger charge is -2.01. The third kappa shape index (κ3) is 10.8. The number of rotatable bonds is 8. The fourth-order valence-electron chi connectivity index (χ4n) is 1.72. The quantitative estimate of drug-likeness (QED) is 0.482. The first-order valence-electron chi connectivity index (χ1n) is 7.84. The Morgan fingerprint density at radius 2 is 1.09 bits per heavy atom. The molecular weight excluding hydrogens is 268 g/mol. The van der Waals surface area contributed by atoms with Gasteiger partial charge in [0.15, 0.2) is 0 Å². The number of Topliss-reactive ketones (excluding diaryl/α,β-unsaturated/α-hetero) is 1. The molecule has 0 heterocycles. The van der Waals surface area contributed by atoms with Gasteiger partial charge >= 0.3 is 0 Å². The summed E-state index contributed by atoms with van der Waals surface area (Å²) >= 11 is 0. The molecule has 22 heavy (non-hydrogen) atoms. The molecule has 0 aromatic rings. The molecule has 0 fully saturated rings. The van der Waals surface area contributed by atoms with Crippen LogP contribution in [0, 0.1) is 0 Å². The summed E-state index contributed by atoms with van der Waals surface area (Å²) in [6.45, 7) is 12.1. The minimum absolute atomic E-state index is 0.259. The van der Waals surface area contributed by atoms with E-state index in [0.717, 1.165) is 11.1 Å². The van der Waals surface area contributed by atoms with Gasteiger partial charge in [0.05, 0.1) is 0 Å². The van der Waals surface area contributed by atoms with Crippen molar-refractivity contribution in [3.8, 4) is 0 Å². The number of carbonyl (C=O) groups is 1. The summed E-state index contributed by atoms with van der Waals surface area (Å²) in [4.78, 5) is 12.0. The molecule has 0 radical (unpaired) electrons. The monoisotopic (exact) mass is 298 g/mol. The van der Waals surface area contributed by atoms with Crippen molar-refractivity contribution in [3.63, 3.8) is 0 Å². The first-order valence-corrected chi connectivity index (χ1v) is 7.84. The number of ketones is 1. The highest BCUT2D eigenvalue weighted by Crippen LogP contribution is 2.09. The van der Waals surface area contributed by atoms with Gasteiger partial charge in [-0.05, 0) is 41.5 Å². The van der Waals surface area contributed by atoms with E-state index in [4.69, 9.17) is 0 Å². The smallest absolute Gasteiger partial charge is 0.140 e. The fraction of sp³-hybridized carbons (Fsp3) is 0.381. The average Bonchev–Trinajstić information content (AvgIpc) is 2.46. The molecule has 0 saturated carbocycles. The van der Waals surface area contributed by atoms with Gasteiger partial charge in [0.1, 0.15) is 5.78 Å². The van der Waals surface area contributed by atoms with Gasteiger partial charge in [-0.1, -0.05) is 70.9 Å². The van der Waals surface area contributed by atoms with Crippen molar-refractivity contribution < 1.29 is 4.79 Å². The topological polar surface area (TPSA) is 17.1 Å². The van der Waals surface area contributed by atoms with Crippen LogP contribution in [0.1, 0.15) is 54.4 Å². The Balaban J connectivity index is 4.44. The number of hydrogen-bond donors (Lipinski definition) is 0. The zero-order valence-electron chi connectivity index (χ0n) is 14.9. The van der Waals surface area contributed by atoms with Gasteiger partial charge in [0.25, 0.3) is 0 Å². The zero-order valence-corrected chi connectivity index (χ0v) is 14.9. The minimum atomic E-state index is 0.259. The first-order chi connectivity index (χ1) is 10.4. The van der Waals surface area contributed by atoms with E-state index in [0.29, 0.717) is 12.8 Å². The van der Waals surface area contributed by atoms with E-state index in [-0.39, 0.29) is 5.78 Å². The normalized spacial score (nSPS) is 15.2. The highest BCUT2D eigenvalue weighted by atomic mass is 16.1. The lowest BCUT2D eigenvalue weighted by Crippen LogP contribution is -1.99. The summed E-state index contributed by atoms with van der Waals surface area (Å²) in [5, 5.41) is 0. The molecule has 0 N–H and O–H groups in total. The molecule has 0 aliphatic rings. The van der Waals surface area contributed by atoms with Crippen molar-refractivity contribution >= 4 is 5.78 Å². The van der Waals surface area contributed by atoms with Crippen LogP contribution < -0.4 is 0 Å². The Morgan fingerprint density at radius 1 is 0.727 bits per heavy atom. The van der Waals surface area contributed by atoms with Crippen LogP contribution in [0.5, 0.6) is 0 Å². The Labute approximate surface area is 136 Å². The van der Waals surface area contributed by atoms with E-state index in [9.17, 15) is 4.79 Å². The summed E-state index contributed by atoms with van der Waals surface area (Å²) in [5.41, 5.74) is 4.63. The van der Waals surface area contributed by atoms with E-state index in [1.807, 2.05) is 64.2 Å². The van der Waals surface area contributed by atoms with E-state index < -0.39 is 0 Å². The van der Waals surface area contributed by atoms with Gasteiger partial charge in [0, 0.05) is 12.8 Å². The summed E-state index contributed by atoms with van der Waals surface area (Å²) < 4.78 is 0. The Hall–Kier alpha value is -1.89. The zero-order chi connectivity index (χ0) is 17.0. The number of hydrogen-bond acceptors (Lipinski definition) is 1. The predicted molar refractivity (Wildman–Crippen MR) is 98.9 cm³/mol. The lowest BCUT2D eigenvalue weighted by atomic mass is 10.0. The number of allylic oxidation sites excluding steroid dienone is 12. The molecule has 0 aromatic carbocycles. The van der Waals surface area contributed by atoms with Gasteiger partial charge in [0.2, 0.25) is 0 Å². The van der Waals surface area contributed by atoms with Crippen LogP contribution in [0.15, 0.2) is 70.9 Å². The average molecular weight is 298 g/mol. The van der Waals surface area contributed by atoms with Gasteiger partial charge in [-0.3, -0.25) is 4.79 Å². The summed E-state index contributed by atoms with van der Waals surface area (Å²) in [6.07, 6.45) is 17.3. The minimum Gasteiger partial charge on any atom is -0.299 e. The van der Waals surface area contributed by atoms with Gasteiger partial charge in [-0.2, -0.15) is 0 Å². The fourth-order valence-corrected chi connectivity index (χ4v) is 1.72. The van der Waals surface area contributed by atoms with E-state index in [2.05, 4.69) is 26.0 Å². The van der Waals surface area contributed by atoms with Crippen LogP contribution in [0.3, 0.4) is 0 Å². The van der Waals surface area contributed by atoms with Crippen LogP contribution in [-0.4, -0.2) is 5.78 Å². The Kier molecular flexibility index (Phi) is 10.7. The van der Waals surface area contributed by atoms with E-state index in [1.165, 1.54) is 11.1 Å². The molecule has 0 saturated heterocycles. The first kappa shape index (κ1) is 20.1. The van der Waals surface area contributed by atoms with Gasteiger partial charge in [-0.15, -0.1) is 0 Å². The van der Waals surface area contributed by atoms with Gasteiger partial charge < -0.3 is 0 Å². The third-order valence-electron chi connectivity index (χ3n) is 3.34. The predicted octanol–water partition coefficient (Wildman–Crippen LogP) is 6.27. The molecule has 0 atom stereocenters. The Bertz CT molecular complexity index is 486. The molecule has 0 aromatic heterocycles. The SMILES string of the molecule is CC=C(C)C=CC=C(C)CC(=O)CC(C)=CC=CC(C)=CC. The summed E-state index contributed by atoms with van der Waals surface area (Å²) in [6, 6.07) is 0. The third-order valence-corrected chi connectivity index (χ3v) is 3.34. The molecule has 1 heteroatoms. The number of carbonyl (C=O) groups excluding carboxylic acids is 1. The van der Waals surface area contributed by atoms with Crippen LogP contribution >= 0.6 is 0 Å². The van der Waals surface area contributed by atoms with Crippen molar-refractivity contribution in [1.29, 1.82) is 0 Å². The summed E-state index contributed by atoms with van der Waals surface area (Å²) in [5.74, 6) is 0.259. The molecule has 0 bridgehead atoms. The van der Waals surface area contributed by atoms with Crippen molar-refractivity contribution in [2.24, 2.45) is 0 Å². The molecule has 0 rings (SSSR count). The second-order valence-electron chi connectivity index (χ2n) is 5.70. The largest absolute Gasteiger partial charge is 0.299 e. The molecule has 0 amide bonds. The highest BCUT2D eigenvalue weighted by Gasteiger charge is 2.03. The standard InChI is InChI=1S/C21H30O/c1-7-17(3)11-9-13-19(5)15-21(22)16-20(6)14-10-12-18(4)8-2/h7-14H,15-16H2,1-6H3. The molecule has 0 aliphatic heterocycles. The molecule has 0 aliphatic carbocycles. The Morgan fingerprint density at radius 3 is 1.41 bits per heavy atom. The molecular formula is C21H30O. The van der Waals surface area contributed by atoms with Crippen molar-refractivity contribution in [2.45, 2.75) is 54.4 Å².